The van der Waals surface area contributed by atoms with Gasteiger partial charge in [-0.15, -0.1) is 0 Å². The topological polar surface area (TPSA) is 22.1 Å². The molecule has 0 unspecified atom stereocenters. The molecule has 1 aromatic rings. The van der Waals surface area contributed by atoms with Crippen LogP contribution < -0.4 is 4.74 Å². The quantitative estimate of drug-likeness (QED) is 0.591. The van der Waals surface area contributed by atoms with E-state index in [0.29, 0.717) is 11.4 Å². The Kier molecular flexibility index (Phi) is 1.85. The van der Waals surface area contributed by atoms with Gasteiger partial charge in [0.25, 0.3) is 0 Å². The zero-order valence-electron chi connectivity index (χ0n) is 5.89. The largest absolute Gasteiger partial charge is 0.495 e. The molecule has 0 spiro atoms. The lowest BCUT2D eigenvalue weighted by Crippen LogP contribution is -1.89. The lowest BCUT2D eigenvalue weighted by atomic mass is 10.3. The van der Waals surface area contributed by atoms with E-state index in [1.165, 1.54) is 19.4 Å². The van der Waals surface area contributed by atoms with Crippen molar-refractivity contribution in [1.82, 2.24) is 4.98 Å². The maximum atomic E-state index is 12.6. The van der Waals surface area contributed by atoms with Crippen molar-refractivity contribution in [2.24, 2.45) is 0 Å². The van der Waals surface area contributed by atoms with Gasteiger partial charge in [-0.2, -0.15) is 0 Å². The minimum absolute atomic E-state index is 0.334. The fourth-order valence-electron chi connectivity index (χ4n) is 0.600. The van der Waals surface area contributed by atoms with E-state index in [1.807, 2.05) is 0 Å². The van der Waals surface area contributed by atoms with E-state index in [1.54, 1.807) is 6.92 Å². The van der Waals surface area contributed by atoms with Crippen molar-refractivity contribution in [1.29, 1.82) is 0 Å². The third-order valence-corrected chi connectivity index (χ3v) is 1.24. The number of ether oxygens (including phenoxy) is 1. The van der Waals surface area contributed by atoms with Gasteiger partial charge in [-0.05, 0) is 6.92 Å². The fraction of sp³-hybridized carbons (Fsp3) is 0.286. The van der Waals surface area contributed by atoms with Crippen LogP contribution in [0.4, 0.5) is 4.39 Å². The van der Waals surface area contributed by atoms with Crippen molar-refractivity contribution in [3.8, 4) is 5.75 Å². The molecule has 0 bridgehead atoms. The van der Waals surface area contributed by atoms with Crippen molar-refractivity contribution < 1.29 is 9.13 Å². The first-order valence-electron chi connectivity index (χ1n) is 2.90. The van der Waals surface area contributed by atoms with Crippen molar-refractivity contribution >= 4 is 0 Å². The van der Waals surface area contributed by atoms with E-state index in [-0.39, 0.29) is 5.82 Å². The van der Waals surface area contributed by atoms with Gasteiger partial charge in [0.15, 0.2) is 0 Å². The van der Waals surface area contributed by atoms with Gasteiger partial charge in [-0.25, -0.2) is 4.39 Å². The van der Waals surface area contributed by atoms with Crippen LogP contribution in [0.2, 0.25) is 0 Å². The highest BCUT2D eigenvalue weighted by molar-refractivity contribution is 5.20. The molecule has 0 aliphatic rings. The summed E-state index contributed by atoms with van der Waals surface area (Å²) in [5.41, 5.74) is 0.390. The summed E-state index contributed by atoms with van der Waals surface area (Å²) in [6.45, 7) is 1.61. The summed E-state index contributed by atoms with van der Waals surface area (Å²) < 4.78 is 17.4. The summed E-state index contributed by atoms with van der Waals surface area (Å²) in [7, 11) is 1.48. The molecule has 54 valence electrons. The summed E-state index contributed by atoms with van der Waals surface area (Å²) in [4.78, 5) is 3.75. The van der Waals surface area contributed by atoms with E-state index in [4.69, 9.17) is 4.74 Å². The summed E-state index contributed by atoms with van der Waals surface area (Å²) in [6.07, 6.45) is 1.48. The second kappa shape index (κ2) is 2.64. The van der Waals surface area contributed by atoms with E-state index >= 15 is 0 Å². The number of pyridine rings is 1. The Labute approximate surface area is 58.7 Å². The molecule has 1 heterocycles. The highest BCUT2D eigenvalue weighted by atomic mass is 19.1. The lowest BCUT2D eigenvalue weighted by Gasteiger charge is -1.98. The maximum Gasteiger partial charge on any atom is 0.148 e. The Morgan fingerprint density at radius 1 is 1.60 bits per heavy atom. The first-order valence-corrected chi connectivity index (χ1v) is 2.90. The summed E-state index contributed by atoms with van der Waals surface area (Å²) >= 11 is 0. The molecule has 0 fully saturated rings. The second-order valence-electron chi connectivity index (χ2n) is 1.94. The van der Waals surface area contributed by atoms with Crippen LogP contribution in [0, 0.1) is 12.7 Å². The van der Waals surface area contributed by atoms with Crippen LogP contribution in [0.1, 0.15) is 5.69 Å². The van der Waals surface area contributed by atoms with Crippen molar-refractivity contribution in [3.05, 3.63) is 23.8 Å². The van der Waals surface area contributed by atoms with E-state index in [2.05, 4.69) is 4.98 Å². The number of nitrogens with zero attached hydrogens (tertiary/aromatic N) is 1. The fourth-order valence-corrected chi connectivity index (χ4v) is 0.600. The summed E-state index contributed by atoms with van der Waals surface area (Å²) in [5, 5.41) is 0. The second-order valence-corrected chi connectivity index (χ2v) is 1.94. The Hall–Kier alpha value is -1.12. The number of hydrogen-bond donors (Lipinski definition) is 0. The molecule has 0 saturated heterocycles. The average Bonchev–Trinajstić information content (AvgIpc) is 1.95. The Morgan fingerprint density at radius 2 is 2.30 bits per heavy atom. The molecule has 0 radical (unpaired) electrons. The molecule has 0 saturated carbocycles. The van der Waals surface area contributed by atoms with Crippen LogP contribution in [-0.2, 0) is 0 Å². The molecule has 2 nitrogen and oxygen atoms in total. The monoisotopic (exact) mass is 141 g/mol. The van der Waals surface area contributed by atoms with Crippen LogP contribution in [-0.4, -0.2) is 12.1 Å². The van der Waals surface area contributed by atoms with Gasteiger partial charge in [0.2, 0.25) is 0 Å². The molecule has 0 aromatic carbocycles. The Bertz CT molecular complexity index is 237. The molecule has 1 rings (SSSR count). The van der Waals surface area contributed by atoms with Crippen molar-refractivity contribution in [2.45, 2.75) is 6.92 Å². The van der Waals surface area contributed by atoms with Gasteiger partial charge in [0.05, 0.1) is 19.0 Å². The molecule has 0 aliphatic heterocycles. The standard InChI is InChI=1S/C7H8FNO/c1-5-7(8)3-6(10-2)4-9-5/h3-4H,1-2H3. The van der Waals surface area contributed by atoms with Crippen LogP contribution in [0.3, 0.4) is 0 Å². The average molecular weight is 141 g/mol. The van der Waals surface area contributed by atoms with Crippen LogP contribution in [0.25, 0.3) is 0 Å². The van der Waals surface area contributed by atoms with Gasteiger partial charge in [0.1, 0.15) is 11.6 Å². The van der Waals surface area contributed by atoms with Gasteiger partial charge in [-0.1, -0.05) is 0 Å². The molecule has 10 heavy (non-hydrogen) atoms. The van der Waals surface area contributed by atoms with Gasteiger partial charge >= 0.3 is 0 Å². The van der Waals surface area contributed by atoms with Crippen molar-refractivity contribution in [2.75, 3.05) is 7.11 Å². The molecule has 1 aromatic heterocycles. The number of rotatable bonds is 1. The number of hydrogen-bond acceptors (Lipinski definition) is 2. The summed E-state index contributed by atoms with van der Waals surface area (Å²) in [6, 6.07) is 1.31. The van der Waals surface area contributed by atoms with Crippen LogP contribution in [0.5, 0.6) is 5.75 Å². The van der Waals surface area contributed by atoms with Gasteiger partial charge < -0.3 is 4.74 Å². The van der Waals surface area contributed by atoms with Crippen LogP contribution >= 0.6 is 0 Å². The first-order chi connectivity index (χ1) is 4.74. The molecular formula is C7H8FNO. The first kappa shape index (κ1) is 6.99. The number of aryl methyl sites for hydroxylation is 1. The number of halogens is 1. The molecule has 0 N–H and O–H groups in total. The minimum atomic E-state index is -0.334. The van der Waals surface area contributed by atoms with Crippen LogP contribution in [0.15, 0.2) is 12.3 Å². The number of aromatic nitrogens is 1. The predicted octanol–water partition coefficient (Wildman–Crippen LogP) is 1.54. The zero-order valence-corrected chi connectivity index (χ0v) is 5.89. The zero-order chi connectivity index (χ0) is 7.56. The highest BCUT2D eigenvalue weighted by Gasteiger charge is 1.98. The molecule has 3 heteroatoms. The molecular weight excluding hydrogens is 133 g/mol. The number of methoxy groups -OCH3 is 1. The predicted molar refractivity (Wildman–Crippen MR) is 35.5 cm³/mol. The van der Waals surface area contributed by atoms with Gasteiger partial charge in [-0.3, -0.25) is 4.98 Å². The third kappa shape index (κ3) is 1.23. The Balaban J connectivity index is 3.04. The third-order valence-electron chi connectivity index (χ3n) is 1.24. The lowest BCUT2D eigenvalue weighted by molar-refractivity contribution is 0.408. The van der Waals surface area contributed by atoms with Crippen molar-refractivity contribution in [3.63, 3.8) is 0 Å². The highest BCUT2D eigenvalue weighted by Crippen LogP contribution is 2.11. The van der Waals surface area contributed by atoms with E-state index in [9.17, 15) is 4.39 Å². The maximum absolute atomic E-state index is 12.6. The SMILES string of the molecule is COc1cnc(C)c(F)c1. The minimum Gasteiger partial charge on any atom is -0.495 e. The smallest absolute Gasteiger partial charge is 0.148 e. The molecule has 0 amide bonds. The normalized spacial score (nSPS) is 9.50. The Morgan fingerprint density at radius 3 is 2.80 bits per heavy atom. The van der Waals surface area contributed by atoms with E-state index < -0.39 is 0 Å². The van der Waals surface area contributed by atoms with E-state index in [0.717, 1.165) is 0 Å². The molecule has 0 aliphatic carbocycles. The summed E-state index contributed by atoms with van der Waals surface area (Å²) in [5.74, 6) is 0.113. The van der Waals surface area contributed by atoms with Gasteiger partial charge in [0, 0.05) is 6.07 Å². The molecule has 0 atom stereocenters.